The number of hydroxylamine groups is 1. The number of carbonyl (C=O) groups is 1. The van der Waals surface area contributed by atoms with E-state index < -0.39 is 36.2 Å². The maximum absolute atomic E-state index is 13.7. The summed E-state index contributed by atoms with van der Waals surface area (Å²) in [7, 11) is -2.80. The van der Waals surface area contributed by atoms with Crippen LogP contribution in [0.25, 0.3) is 0 Å². The second-order valence-electron chi connectivity index (χ2n) is 9.18. The molecule has 0 unspecified atom stereocenters. The minimum absolute atomic E-state index is 0.113. The smallest absolute Gasteiger partial charge is 0.388 e. The first-order chi connectivity index (χ1) is 17.1. The normalized spacial score (nSPS) is 12.2. The van der Waals surface area contributed by atoms with Crippen molar-refractivity contribution in [2.24, 2.45) is 0 Å². The highest BCUT2D eigenvalue weighted by molar-refractivity contribution is 7.70. The van der Waals surface area contributed by atoms with E-state index in [4.69, 9.17) is 4.84 Å². The Morgan fingerprint density at radius 2 is 1.70 bits per heavy atom. The van der Waals surface area contributed by atoms with Crippen molar-refractivity contribution in [2.45, 2.75) is 25.6 Å². The zero-order valence-corrected chi connectivity index (χ0v) is 21.4. The Hall–Kier alpha value is -3.47. The third kappa shape index (κ3) is 8.01. The van der Waals surface area contributed by atoms with Gasteiger partial charge in [0.05, 0.1) is 11.3 Å². The Balaban J connectivity index is 1.81. The molecule has 0 aliphatic rings. The van der Waals surface area contributed by atoms with Crippen LogP contribution in [-0.4, -0.2) is 46.5 Å². The molecule has 0 saturated heterocycles. The Kier molecular flexibility index (Phi) is 8.26. The molecule has 0 aliphatic carbocycles. The number of aromatic nitrogens is 2. The summed E-state index contributed by atoms with van der Waals surface area (Å²) in [5.41, 5.74) is 0.902. The first-order valence-electron chi connectivity index (χ1n) is 11.0. The van der Waals surface area contributed by atoms with Gasteiger partial charge in [0.15, 0.2) is 0 Å². The van der Waals surface area contributed by atoms with Crippen molar-refractivity contribution in [3.63, 3.8) is 0 Å². The molecule has 0 bridgehead atoms. The lowest BCUT2D eigenvalue weighted by molar-refractivity contribution is -0.137. The summed E-state index contributed by atoms with van der Waals surface area (Å²) in [6.07, 6.45) is -4.08. The predicted molar refractivity (Wildman–Crippen MR) is 135 cm³/mol. The van der Waals surface area contributed by atoms with E-state index in [1.807, 2.05) is 0 Å². The molecule has 3 rings (SSSR count). The van der Waals surface area contributed by atoms with E-state index in [1.165, 1.54) is 57.5 Å². The van der Waals surface area contributed by atoms with Crippen molar-refractivity contribution in [3.05, 3.63) is 65.9 Å². The number of rotatable bonds is 9. The monoisotopic (exact) mass is 537 g/mol. The van der Waals surface area contributed by atoms with Crippen molar-refractivity contribution in [1.29, 1.82) is 0 Å². The van der Waals surface area contributed by atoms with Gasteiger partial charge in [0, 0.05) is 22.8 Å². The van der Waals surface area contributed by atoms with Gasteiger partial charge in [0.25, 0.3) is 5.91 Å². The van der Waals surface area contributed by atoms with Crippen LogP contribution in [0.1, 0.15) is 29.8 Å². The average Bonchev–Trinajstić information content (AvgIpc) is 2.78. The molecule has 2 aromatic carbocycles. The lowest BCUT2D eigenvalue weighted by Crippen LogP contribution is -2.33. The van der Waals surface area contributed by atoms with Crippen LogP contribution in [0.15, 0.2) is 54.7 Å². The first kappa shape index (κ1) is 28.1. The zero-order valence-electron chi connectivity index (χ0n) is 20.6. The molecular weight excluding hydrogens is 510 g/mol. The molecule has 9 nitrogen and oxygen atoms in total. The molecule has 0 aliphatic heterocycles. The molecule has 0 atom stereocenters. The second-order valence-corrected chi connectivity index (χ2v) is 12.4. The van der Waals surface area contributed by atoms with Crippen LogP contribution in [0.3, 0.4) is 0 Å². The fourth-order valence-electron chi connectivity index (χ4n) is 3.09. The third-order valence-corrected chi connectivity index (χ3v) is 6.38. The summed E-state index contributed by atoms with van der Waals surface area (Å²) in [4.78, 5) is 24.9. The van der Waals surface area contributed by atoms with E-state index in [2.05, 4.69) is 26.1 Å². The topological polar surface area (TPSA) is 125 Å². The molecule has 37 heavy (non-hydrogen) atoms. The number of anilines is 4. The molecule has 0 fully saturated rings. The van der Waals surface area contributed by atoms with Gasteiger partial charge in [-0.1, -0.05) is 12.1 Å². The van der Waals surface area contributed by atoms with Gasteiger partial charge < -0.3 is 20.3 Å². The van der Waals surface area contributed by atoms with E-state index in [0.717, 1.165) is 0 Å². The van der Waals surface area contributed by atoms with E-state index in [-0.39, 0.29) is 23.8 Å². The molecule has 0 radical (unpaired) electrons. The molecule has 3 aromatic rings. The minimum Gasteiger partial charge on any atom is -0.388 e. The summed E-state index contributed by atoms with van der Waals surface area (Å²) in [6, 6.07) is 12.3. The molecule has 1 heterocycles. The van der Waals surface area contributed by atoms with Gasteiger partial charge in [0.1, 0.15) is 25.1 Å². The van der Waals surface area contributed by atoms with E-state index in [0.29, 0.717) is 17.2 Å². The summed E-state index contributed by atoms with van der Waals surface area (Å²) in [5, 5.41) is 15.5. The van der Waals surface area contributed by atoms with Crippen molar-refractivity contribution in [3.8, 4) is 0 Å². The van der Waals surface area contributed by atoms with Crippen molar-refractivity contribution in [2.75, 3.05) is 30.6 Å². The van der Waals surface area contributed by atoms with Gasteiger partial charge in [-0.2, -0.15) is 18.2 Å². The highest BCUT2D eigenvalue weighted by Gasteiger charge is 2.35. The number of alkyl halides is 3. The summed E-state index contributed by atoms with van der Waals surface area (Å²) in [5.74, 6) is -1.18. The molecule has 1 amide bonds. The zero-order chi connectivity index (χ0) is 27.4. The number of carbonyl (C=O) groups excluding carboxylic acids is 1. The van der Waals surface area contributed by atoms with Gasteiger partial charge in [-0.05, 0) is 63.6 Å². The number of amides is 1. The van der Waals surface area contributed by atoms with Gasteiger partial charge in [-0.15, -0.1) is 0 Å². The number of nitrogens with one attached hydrogen (secondary N) is 3. The first-order valence-corrected chi connectivity index (χ1v) is 13.6. The maximum atomic E-state index is 13.7. The summed E-state index contributed by atoms with van der Waals surface area (Å²) >= 11 is 0. The largest absolute Gasteiger partial charge is 0.421 e. The van der Waals surface area contributed by atoms with Crippen LogP contribution in [0.4, 0.5) is 36.3 Å². The number of nitrogens with zero attached hydrogens (tertiary/aromatic N) is 2. The number of hydrogen-bond donors (Lipinski definition) is 4. The Labute approximate surface area is 211 Å². The lowest BCUT2D eigenvalue weighted by Gasteiger charge is -2.18. The van der Waals surface area contributed by atoms with Crippen LogP contribution in [0.5, 0.6) is 0 Å². The standard InChI is InChI=1S/C24H27F3N5O4P/c1-23(2,34)14-36-32-21(33)15-9-11-16(12-10-15)29-22-28-13-17(24(25,26)27)20(31-22)30-18-7-5-6-8-19(18)37(3,4)35/h5-13,34H,14H2,1-4H3,(H,32,33)(H2,28,29,30,31). The fraction of sp³-hybridized carbons (Fsp3) is 0.292. The molecule has 1 aromatic heterocycles. The highest BCUT2D eigenvalue weighted by Crippen LogP contribution is 2.40. The van der Waals surface area contributed by atoms with Crippen LogP contribution < -0.4 is 21.4 Å². The molecule has 13 heteroatoms. The fourth-order valence-corrected chi connectivity index (χ4v) is 4.25. The number of hydrogen-bond acceptors (Lipinski definition) is 8. The molecule has 198 valence electrons. The molecule has 0 saturated carbocycles. The molecular formula is C24H27F3N5O4P. The van der Waals surface area contributed by atoms with Crippen molar-refractivity contribution >= 4 is 41.5 Å². The van der Waals surface area contributed by atoms with Gasteiger partial charge in [-0.3, -0.25) is 9.63 Å². The van der Waals surface area contributed by atoms with Crippen LogP contribution >= 0.6 is 7.14 Å². The number of aliphatic hydroxyl groups is 1. The molecule has 4 N–H and O–H groups in total. The number of halogens is 3. The number of benzene rings is 2. The van der Waals surface area contributed by atoms with Crippen LogP contribution in [0, 0.1) is 0 Å². The average molecular weight is 537 g/mol. The van der Waals surface area contributed by atoms with Crippen molar-refractivity contribution < 1.29 is 32.5 Å². The summed E-state index contributed by atoms with van der Waals surface area (Å²) in [6.45, 7) is 5.98. The van der Waals surface area contributed by atoms with Gasteiger partial charge in [0.2, 0.25) is 5.95 Å². The Morgan fingerprint density at radius 3 is 2.30 bits per heavy atom. The summed E-state index contributed by atoms with van der Waals surface area (Å²) < 4.78 is 53.6. The van der Waals surface area contributed by atoms with Crippen LogP contribution in [-0.2, 0) is 15.6 Å². The maximum Gasteiger partial charge on any atom is 0.421 e. The van der Waals surface area contributed by atoms with Gasteiger partial charge in [-0.25, -0.2) is 10.5 Å². The van der Waals surface area contributed by atoms with Crippen molar-refractivity contribution in [1.82, 2.24) is 15.4 Å². The third-order valence-electron chi connectivity index (χ3n) is 4.82. The second kappa shape index (κ2) is 10.9. The van der Waals surface area contributed by atoms with E-state index in [9.17, 15) is 27.6 Å². The lowest BCUT2D eigenvalue weighted by atomic mass is 10.2. The van der Waals surface area contributed by atoms with Gasteiger partial charge >= 0.3 is 6.18 Å². The molecule has 0 spiro atoms. The SMILES string of the molecule is CC(C)(O)CONC(=O)c1ccc(Nc2ncc(C(F)(F)F)c(Nc3ccccc3P(C)(C)=O)n2)cc1. The number of para-hydroxylation sites is 1. The Bertz CT molecular complexity index is 1300. The predicted octanol–water partition coefficient (Wildman–Crippen LogP) is 4.66. The minimum atomic E-state index is -4.74. The quantitative estimate of drug-likeness (QED) is 0.229. The van der Waals surface area contributed by atoms with E-state index in [1.54, 1.807) is 18.2 Å². The Morgan fingerprint density at radius 1 is 1.05 bits per heavy atom. The van der Waals surface area contributed by atoms with Crippen LogP contribution in [0.2, 0.25) is 0 Å². The van der Waals surface area contributed by atoms with E-state index >= 15 is 0 Å². The highest BCUT2D eigenvalue weighted by atomic mass is 31.2.